The molecule has 6 nitrogen and oxygen atoms in total. The molecule has 3 rings (SSSR count). The lowest BCUT2D eigenvalue weighted by Crippen LogP contribution is -2.41. The summed E-state index contributed by atoms with van der Waals surface area (Å²) in [4.78, 5) is 14.7. The fourth-order valence-corrected chi connectivity index (χ4v) is 4.30. The van der Waals surface area contributed by atoms with Crippen molar-refractivity contribution in [2.24, 2.45) is 0 Å². The highest BCUT2D eigenvalue weighted by molar-refractivity contribution is 7.92. The predicted molar refractivity (Wildman–Crippen MR) is 99.9 cm³/mol. The Morgan fingerprint density at radius 1 is 1.08 bits per heavy atom. The minimum absolute atomic E-state index is 0.201. The van der Waals surface area contributed by atoms with Gasteiger partial charge < -0.3 is 9.64 Å². The second-order valence-corrected chi connectivity index (χ2v) is 7.98. The number of anilines is 1. The van der Waals surface area contributed by atoms with E-state index < -0.39 is 10.0 Å². The molecular weight excluding hydrogens is 352 g/mol. The summed E-state index contributed by atoms with van der Waals surface area (Å²) >= 11 is 0. The van der Waals surface area contributed by atoms with Gasteiger partial charge in [0.2, 0.25) is 0 Å². The van der Waals surface area contributed by atoms with Crippen molar-refractivity contribution >= 4 is 21.6 Å². The number of rotatable bonds is 4. The molecule has 1 N–H and O–H groups in total. The number of nitrogens with one attached hydrogen (secondary N) is 1. The molecule has 0 radical (unpaired) electrons. The third-order valence-corrected chi connectivity index (χ3v) is 5.84. The Hall–Kier alpha value is -2.38. The van der Waals surface area contributed by atoms with E-state index in [9.17, 15) is 13.2 Å². The van der Waals surface area contributed by atoms with Gasteiger partial charge in [-0.2, -0.15) is 0 Å². The number of benzene rings is 2. The van der Waals surface area contributed by atoms with Crippen molar-refractivity contribution in [3.8, 4) is 0 Å². The van der Waals surface area contributed by atoms with Crippen molar-refractivity contribution < 1.29 is 17.9 Å². The fraction of sp³-hybridized carbons (Fsp3) is 0.316. The molecule has 0 saturated carbocycles. The molecule has 0 unspecified atom stereocenters. The Kier molecular flexibility index (Phi) is 5.29. The SMILES string of the molecule is Cc1ccc(C)c(S(=O)(=O)Nc2ccccc2C(=O)N2CCOCC2)c1. The van der Waals surface area contributed by atoms with Gasteiger partial charge >= 0.3 is 0 Å². The zero-order valence-electron chi connectivity index (χ0n) is 14.9. The molecule has 0 spiro atoms. The van der Waals surface area contributed by atoms with Crippen LogP contribution in [0.25, 0.3) is 0 Å². The third-order valence-electron chi connectivity index (χ3n) is 4.33. The number of amides is 1. The summed E-state index contributed by atoms with van der Waals surface area (Å²) in [6, 6.07) is 11.9. The molecule has 1 amide bonds. The molecular formula is C19H22N2O4S. The molecule has 26 heavy (non-hydrogen) atoms. The minimum Gasteiger partial charge on any atom is -0.378 e. The largest absolute Gasteiger partial charge is 0.378 e. The Morgan fingerprint density at radius 2 is 1.77 bits per heavy atom. The van der Waals surface area contributed by atoms with Gasteiger partial charge in [0, 0.05) is 13.1 Å². The van der Waals surface area contributed by atoms with E-state index in [1.807, 2.05) is 13.0 Å². The molecule has 0 aromatic heterocycles. The molecule has 138 valence electrons. The Balaban J connectivity index is 1.93. The van der Waals surface area contributed by atoms with Gasteiger partial charge in [-0.25, -0.2) is 8.42 Å². The van der Waals surface area contributed by atoms with E-state index in [0.717, 1.165) is 5.56 Å². The second-order valence-electron chi connectivity index (χ2n) is 6.32. The highest BCUT2D eigenvalue weighted by atomic mass is 32.2. The van der Waals surface area contributed by atoms with Crippen molar-refractivity contribution in [1.82, 2.24) is 4.90 Å². The number of nitrogens with zero attached hydrogens (tertiary/aromatic N) is 1. The average Bonchev–Trinajstić information content (AvgIpc) is 2.64. The van der Waals surface area contributed by atoms with Crippen molar-refractivity contribution in [3.63, 3.8) is 0 Å². The number of morpholine rings is 1. The first-order chi connectivity index (χ1) is 12.4. The maximum Gasteiger partial charge on any atom is 0.262 e. The average molecular weight is 374 g/mol. The molecule has 1 fully saturated rings. The van der Waals surface area contributed by atoms with Gasteiger partial charge in [-0.15, -0.1) is 0 Å². The van der Waals surface area contributed by atoms with Gasteiger partial charge in [-0.05, 0) is 43.2 Å². The van der Waals surface area contributed by atoms with Crippen molar-refractivity contribution in [3.05, 3.63) is 59.2 Å². The fourth-order valence-electron chi connectivity index (χ4n) is 2.89. The number of carbonyl (C=O) groups excluding carboxylic acids is 1. The maximum atomic E-state index is 12.9. The monoisotopic (exact) mass is 374 g/mol. The summed E-state index contributed by atoms with van der Waals surface area (Å²) in [6.07, 6.45) is 0. The summed E-state index contributed by atoms with van der Waals surface area (Å²) in [5.74, 6) is -0.201. The van der Waals surface area contributed by atoms with E-state index >= 15 is 0 Å². The number of ether oxygens (including phenoxy) is 1. The molecule has 1 saturated heterocycles. The summed E-state index contributed by atoms with van der Waals surface area (Å²) in [6.45, 7) is 5.56. The Bertz CT molecular complexity index is 919. The highest BCUT2D eigenvalue weighted by Crippen LogP contribution is 2.24. The number of carbonyl (C=O) groups is 1. The molecule has 0 atom stereocenters. The lowest BCUT2D eigenvalue weighted by Gasteiger charge is -2.27. The van der Waals surface area contributed by atoms with Crippen LogP contribution in [0.5, 0.6) is 0 Å². The topological polar surface area (TPSA) is 75.7 Å². The standard InChI is InChI=1S/C19H22N2O4S/c1-14-7-8-15(2)18(13-14)26(23,24)20-17-6-4-3-5-16(17)19(22)21-9-11-25-12-10-21/h3-8,13,20H,9-12H2,1-2H3. The summed E-state index contributed by atoms with van der Waals surface area (Å²) in [5.41, 5.74) is 2.13. The number of sulfonamides is 1. The van der Waals surface area contributed by atoms with Gasteiger partial charge in [0.25, 0.3) is 15.9 Å². The number of para-hydroxylation sites is 1. The van der Waals surface area contributed by atoms with Crippen LogP contribution in [-0.2, 0) is 14.8 Å². The van der Waals surface area contributed by atoms with Crippen LogP contribution in [0.3, 0.4) is 0 Å². The molecule has 1 heterocycles. The first kappa shape index (κ1) is 18.4. The Morgan fingerprint density at radius 3 is 2.50 bits per heavy atom. The smallest absolute Gasteiger partial charge is 0.262 e. The van der Waals surface area contributed by atoms with E-state index in [4.69, 9.17) is 4.74 Å². The van der Waals surface area contributed by atoms with Crippen LogP contribution in [0.4, 0.5) is 5.69 Å². The molecule has 7 heteroatoms. The lowest BCUT2D eigenvalue weighted by molar-refractivity contribution is 0.0303. The van der Waals surface area contributed by atoms with E-state index in [-0.39, 0.29) is 16.5 Å². The van der Waals surface area contributed by atoms with Crippen molar-refractivity contribution in [2.75, 3.05) is 31.0 Å². The first-order valence-electron chi connectivity index (χ1n) is 8.44. The van der Waals surface area contributed by atoms with Crippen molar-refractivity contribution in [1.29, 1.82) is 0 Å². The van der Waals surface area contributed by atoms with Crippen LogP contribution < -0.4 is 4.72 Å². The Labute approximate surface area is 153 Å². The van der Waals surface area contributed by atoms with Gasteiger partial charge in [0.1, 0.15) is 0 Å². The first-order valence-corrected chi connectivity index (χ1v) is 9.93. The van der Waals surface area contributed by atoms with E-state index in [0.29, 0.717) is 37.4 Å². The van der Waals surface area contributed by atoms with Gasteiger partial charge in [-0.3, -0.25) is 9.52 Å². The zero-order chi connectivity index (χ0) is 18.7. The summed E-state index contributed by atoms with van der Waals surface area (Å²) in [7, 11) is -3.80. The summed E-state index contributed by atoms with van der Waals surface area (Å²) in [5, 5.41) is 0. The van der Waals surface area contributed by atoms with Gasteiger partial charge in [0.05, 0.1) is 29.4 Å². The van der Waals surface area contributed by atoms with Crippen LogP contribution in [-0.4, -0.2) is 45.5 Å². The number of hydrogen-bond donors (Lipinski definition) is 1. The third kappa shape index (κ3) is 3.89. The highest BCUT2D eigenvalue weighted by Gasteiger charge is 2.24. The van der Waals surface area contributed by atoms with E-state index in [2.05, 4.69) is 4.72 Å². The summed E-state index contributed by atoms with van der Waals surface area (Å²) < 4.78 is 33.6. The van der Waals surface area contributed by atoms with Crippen LogP contribution in [0.2, 0.25) is 0 Å². The van der Waals surface area contributed by atoms with E-state index in [1.54, 1.807) is 48.2 Å². The lowest BCUT2D eigenvalue weighted by atomic mass is 10.1. The van der Waals surface area contributed by atoms with Gasteiger partial charge in [0.15, 0.2) is 0 Å². The minimum atomic E-state index is -3.80. The quantitative estimate of drug-likeness (QED) is 0.892. The second kappa shape index (κ2) is 7.47. The maximum absolute atomic E-state index is 12.9. The van der Waals surface area contributed by atoms with E-state index in [1.165, 1.54) is 0 Å². The molecule has 2 aromatic carbocycles. The normalized spacial score (nSPS) is 14.9. The van der Waals surface area contributed by atoms with Crippen LogP contribution in [0.1, 0.15) is 21.5 Å². The molecule has 2 aromatic rings. The van der Waals surface area contributed by atoms with Crippen LogP contribution >= 0.6 is 0 Å². The molecule has 0 bridgehead atoms. The zero-order valence-corrected chi connectivity index (χ0v) is 15.7. The number of aryl methyl sites for hydroxylation is 2. The van der Waals surface area contributed by atoms with Crippen molar-refractivity contribution in [2.45, 2.75) is 18.7 Å². The number of hydrogen-bond acceptors (Lipinski definition) is 4. The molecule has 0 aliphatic carbocycles. The van der Waals surface area contributed by atoms with Gasteiger partial charge in [-0.1, -0.05) is 24.3 Å². The van der Waals surface area contributed by atoms with Crippen LogP contribution in [0, 0.1) is 13.8 Å². The van der Waals surface area contributed by atoms with Crippen LogP contribution in [0.15, 0.2) is 47.4 Å². The predicted octanol–water partition coefficient (Wildman–Crippen LogP) is 2.58. The molecule has 1 aliphatic rings. The molecule has 1 aliphatic heterocycles.